The Kier molecular flexibility index (Phi) is 3.70. The van der Waals surface area contributed by atoms with Gasteiger partial charge in [-0.2, -0.15) is 5.10 Å². The van der Waals surface area contributed by atoms with Crippen LogP contribution in [0.1, 0.15) is 16.2 Å². The average Bonchev–Trinajstić information content (AvgIpc) is 3.07. The van der Waals surface area contributed by atoms with Crippen molar-refractivity contribution in [2.45, 2.75) is 6.92 Å². The summed E-state index contributed by atoms with van der Waals surface area (Å²) in [5.74, 6) is 0.753. The maximum atomic E-state index is 12.4. The maximum Gasteiger partial charge on any atom is 0.256 e. The quantitative estimate of drug-likeness (QED) is 0.625. The monoisotopic (exact) mass is 329 g/mol. The Balaban J connectivity index is 1.76. The van der Waals surface area contributed by atoms with E-state index in [2.05, 4.69) is 20.4 Å². The van der Waals surface area contributed by atoms with Crippen LogP contribution in [-0.4, -0.2) is 25.7 Å². The minimum atomic E-state index is -0.228. The fraction of sp³-hybridized carbons (Fsp3) is 0.0526. The van der Waals surface area contributed by atoms with Crippen molar-refractivity contribution in [2.24, 2.45) is 0 Å². The number of rotatable bonds is 3. The summed E-state index contributed by atoms with van der Waals surface area (Å²) in [5, 5.41) is 7.39. The number of nitrogens with one attached hydrogen (secondary N) is 1. The first kappa shape index (κ1) is 15.0. The Morgan fingerprint density at radius 2 is 1.64 bits per heavy atom. The standard InChI is InChI=1S/C19H15N5O/c1-13-20-16-12-24(15-10-6-3-7-11-15)23-17(16)18(21-13)22-19(25)14-8-4-2-5-9-14/h2-12H,1H3,(H,20,21,22,25). The number of aryl methyl sites for hydroxylation is 1. The van der Waals surface area contributed by atoms with E-state index >= 15 is 0 Å². The Morgan fingerprint density at radius 3 is 2.36 bits per heavy atom. The molecule has 0 saturated carbocycles. The number of benzene rings is 2. The molecule has 0 aliphatic rings. The van der Waals surface area contributed by atoms with E-state index in [1.165, 1.54) is 0 Å². The van der Waals surface area contributed by atoms with Gasteiger partial charge in [0.05, 0.1) is 11.9 Å². The number of hydrogen-bond donors (Lipinski definition) is 1. The van der Waals surface area contributed by atoms with E-state index in [9.17, 15) is 4.79 Å². The number of carbonyl (C=O) groups excluding carboxylic acids is 1. The summed E-state index contributed by atoms with van der Waals surface area (Å²) in [6.07, 6.45) is 1.83. The highest BCUT2D eigenvalue weighted by Crippen LogP contribution is 2.21. The lowest BCUT2D eigenvalue weighted by molar-refractivity contribution is 0.102. The molecule has 0 fully saturated rings. The van der Waals surface area contributed by atoms with Gasteiger partial charge in [-0.05, 0) is 31.2 Å². The van der Waals surface area contributed by atoms with Gasteiger partial charge in [-0.15, -0.1) is 0 Å². The van der Waals surface area contributed by atoms with Gasteiger partial charge in [-0.25, -0.2) is 14.6 Å². The molecule has 1 N–H and O–H groups in total. The predicted molar refractivity (Wildman–Crippen MR) is 95.8 cm³/mol. The number of fused-ring (bicyclic) bond motifs is 1. The number of amides is 1. The van der Waals surface area contributed by atoms with Crippen molar-refractivity contribution in [3.63, 3.8) is 0 Å². The summed E-state index contributed by atoms with van der Waals surface area (Å²) >= 11 is 0. The number of anilines is 1. The van der Waals surface area contributed by atoms with E-state index in [1.54, 1.807) is 23.7 Å². The highest BCUT2D eigenvalue weighted by atomic mass is 16.1. The third kappa shape index (κ3) is 2.97. The Labute approximate surface area is 144 Å². The first-order chi connectivity index (χ1) is 12.2. The van der Waals surface area contributed by atoms with Crippen molar-refractivity contribution in [2.75, 3.05) is 5.32 Å². The van der Waals surface area contributed by atoms with Gasteiger partial charge in [0.2, 0.25) is 0 Å². The minimum absolute atomic E-state index is 0.228. The summed E-state index contributed by atoms with van der Waals surface area (Å²) in [5.41, 5.74) is 2.71. The second kappa shape index (κ2) is 6.16. The molecule has 0 saturated heterocycles. The van der Waals surface area contributed by atoms with E-state index in [0.29, 0.717) is 28.2 Å². The van der Waals surface area contributed by atoms with Crippen LogP contribution in [-0.2, 0) is 0 Å². The van der Waals surface area contributed by atoms with Crippen molar-refractivity contribution < 1.29 is 4.79 Å². The van der Waals surface area contributed by atoms with Crippen LogP contribution in [0, 0.1) is 6.92 Å². The van der Waals surface area contributed by atoms with Gasteiger partial charge in [0, 0.05) is 5.56 Å². The van der Waals surface area contributed by atoms with Gasteiger partial charge in [-0.3, -0.25) is 4.79 Å². The molecule has 4 rings (SSSR count). The van der Waals surface area contributed by atoms with Crippen LogP contribution in [0.25, 0.3) is 16.7 Å². The van der Waals surface area contributed by atoms with Crippen molar-refractivity contribution in [3.05, 3.63) is 78.2 Å². The lowest BCUT2D eigenvalue weighted by Crippen LogP contribution is -2.14. The van der Waals surface area contributed by atoms with Gasteiger partial charge in [0.25, 0.3) is 5.91 Å². The highest BCUT2D eigenvalue weighted by molar-refractivity contribution is 6.06. The number of carbonyl (C=O) groups is 1. The molecule has 2 aromatic heterocycles. The molecule has 1 amide bonds. The second-order valence-corrected chi connectivity index (χ2v) is 5.58. The van der Waals surface area contributed by atoms with Crippen LogP contribution in [0.15, 0.2) is 66.9 Å². The van der Waals surface area contributed by atoms with Crippen LogP contribution in [0.4, 0.5) is 5.82 Å². The van der Waals surface area contributed by atoms with Crippen LogP contribution in [0.5, 0.6) is 0 Å². The SMILES string of the molecule is Cc1nc(NC(=O)c2ccccc2)c2nn(-c3ccccc3)cc2n1. The molecule has 6 heteroatoms. The van der Waals surface area contributed by atoms with Crippen molar-refractivity contribution in [1.82, 2.24) is 19.7 Å². The molecule has 0 spiro atoms. The van der Waals surface area contributed by atoms with Crippen LogP contribution in [0.3, 0.4) is 0 Å². The molecule has 122 valence electrons. The Morgan fingerprint density at radius 1 is 0.960 bits per heavy atom. The van der Waals surface area contributed by atoms with Crippen LogP contribution in [0.2, 0.25) is 0 Å². The van der Waals surface area contributed by atoms with Crippen molar-refractivity contribution in [3.8, 4) is 5.69 Å². The van der Waals surface area contributed by atoms with Crippen LogP contribution < -0.4 is 5.32 Å². The molecular formula is C19H15N5O. The minimum Gasteiger partial charge on any atom is -0.305 e. The summed E-state index contributed by atoms with van der Waals surface area (Å²) in [4.78, 5) is 21.2. The number of para-hydroxylation sites is 1. The first-order valence-corrected chi connectivity index (χ1v) is 7.86. The second-order valence-electron chi connectivity index (χ2n) is 5.58. The van der Waals surface area contributed by atoms with Crippen LogP contribution >= 0.6 is 0 Å². The fourth-order valence-electron chi connectivity index (χ4n) is 2.60. The molecule has 0 bridgehead atoms. The summed E-state index contributed by atoms with van der Waals surface area (Å²) in [6.45, 7) is 1.79. The highest BCUT2D eigenvalue weighted by Gasteiger charge is 2.14. The van der Waals surface area contributed by atoms with Gasteiger partial charge >= 0.3 is 0 Å². The van der Waals surface area contributed by atoms with Crippen molar-refractivity contribution >= 4 is 22.8 Å². The Hall–Kier alpha value is -3.54. The van der Waals surface area contributed by atoms with E-state index in [4.69, 9.17) is 0 Å². The number of nitrogens with zero attached hydrogens (tertiary/aromatic N) is 4. The van der Waals surface area contributed by atoms with Gasteiger partial charge in [0.1, 0.15) is 11.3 Å². The lowest BCUT2D eigenvalue weighted by Gasteiger charge is -2.05. The molecule has 0 aliphatic heterocycles. The normalized spacial score (nSPS) is 10.8. The Bertz CT molecular complexity index is 1040. The molecule has 6 nitrogen and oxygen atoms in total. The zero-order chi connectivity index (χ0) is 17.2. The van der Waals surface area contributed by atoms with E-state index < -0.39 is 0 Å². The number of hydrogen-bond acceptors (Lipinski definition) is 4. The first-order valence-electron chi connectivity index (χ1n) is 7.86. The van der Waals surface area contributed by atoms with Gasteiger partial charge in [-0.1, -0.05) is 36.4 Å². The largest absolute Gasteiger partial charge is 0.305 e. The molecule has 0 atom stereocenters. The number of aromatic nitrogens is 4. The maximum absolute atomic E-state index is 12.4. The molecule has 2 aromatic carbocycles. The zero-order valence-electron chi connectivity index (χ0n) is 13.5. The van der Waals surface area contributed by atoms with Gasteiger partial charge in [0.15, 0.2) is 11.3 Å². The summed E-state index contributed by atoms with van der Waals surface area (Å²) < 4.78 is 1.73. The molecule has 2 heterocycles. The molecule has 4 aromatic rings. The molecule has 25 heavy (non-hydrogen) atoms. The summed E-state index contributed by atoms with van der Waals surface area (Å²) in [6, 6.07) is 18.7. The predicted octanol–water partition coefficient (Wildman–Crippen LogP) is 3.38. The average molecular weight is 329 g/mol. The van der Waals surface area contributed by atoms with E-state index in [-0.39, 0.29) is 5.91 Å². The smallest absolute Gasteiger partial charge is 0.256 e. The topological polar surface area (TPSA) is 72.7 Å². The fourth-order valence-corrected chi connectivity index (χ4v) is 2.60. The van der Waals surface area contributed by atoms with E-state index in [0.717, 1.165) is 5.69 Å². The van der Waals surface area contributed by atoms with Gasteiger partial charge < -0.3 is 5.32 Å². The molecule has 0 unspecified atom stereocenters. The lowest BCUT2D eigenvalue weighted by atomic mass is 10.2. The molecule has 0 radical (unpaired) electrons. The third-order valence-corrected chi connectivity index (χ3v) is 3.76. The summed E-state index contributed by atoms with van der Waals surface area (Å²) in [7, 11) is 0. The molecular weight excluding hydrogens is 314 g/mol. The van der Waals surface area contributed by atoms with E-state index in [1.807, 2.05) is 54.7 Å². The zero-order valence-corrected chi connectivity index (χ0v) is 13.5. The van der Waals surface area contributed by atoms with Crippen molar-refractivity contribution in [1.29, 1.82) is 0 Å². The third-order valence-electron chi connectivity index (χ3n) is 3.76. The molecule has 0 aliphatic carbocycles.